The number of nitrogens with zero attached hydrogens (tertiary/aromatic N) is 3. The molecule has 1 aromatic heterocycles. The monoisotopic (exact) mass is 285 g/mol. The van der Waals surface area contributed by atoms with Gasteiger partial charge in [-0.15, -0.1) is 5.10 Å². The minimum Gasteiger partial charge on any atom is -0.392 e. The highest BCUT2D eigenvalue weighted by Crippen LogP contribution is 2.10. The molecule has 0 unspecified atom stereocenters. The van der Waals surface area contributed by atoms with Gasteiger partial charge >= 0.3 is 0 Å². The first-order valence-electron chi connectivity index (χ1n) is 5.73. The molecule has 0 radical (unpaired) electrons. The van der Waals surface area contributed by atoms with E-state index >= 15 is 0 Å². The number of rotatable bonds is 4. The van der Waals surface area contributed by atoms with Gasteiger partial charge in [0, 0.05) is 31.1 Å². The second-order valence-electron chi connectivity index (χ2n) is 4.28. The molecule has 1 aliphatic heterocycles. The molecule has 2 heterocycles. The van der Waals surface area contributed by atoms with Crippen molar-refractivity contribution in [3.05, 3.63) is 11.1 Å². The summed E-state index contributed by atoms with van der Waals surface area (Å²) in [5.74, 6) is -0.142. The van der Waals surface area contributed by atoms with Crippen LogP contribution in [0.2, 0.25) is 0 Å². The smallest absolute Gasteiger partial charge is 0.272 e. The number of thiocarbonyl (C=S) groups is 1. The van der Waals surface area contributed by atoms with Gasteiger partial charge in [-0.2, -0.15) is 0 Å². The molecule has 1 saturated heterocycles. The van der Waals surface area contributed by atoms with Crippen molar-refractivity contribution in [1.82, 2.24) is 19.8 Å². The van der Waals surface area contributed by atoms with Crippen molar-refractivity contribution in [2.45, 2.75) is 18.9 Å². The molecule has 8 heteroatoms. The Bertz CT molecular complexity index is 414. The maximum Gasteiger partial charge on any atom is 0.272 e. The molecule has 0 bridgehead atoms. The largest absolute Gasteiger partial charge is 0.392 e. The van der Waals surface area contributed by atoms with Gasteiger partial charge in [-0.25, -0.2) is 0 Å². The summed E-state index contributed by atoms with van der Waals surface area (Å²) < 4.78 is 3.68. The van der Waals surface area contributed by atoms with E-state index in [0.29, 0.717) is 17.2 Å². The summed E-state index contributed by atoms with van der Waals surface area (Å²) in [7, 11) is 0. The highest BCUT2D eigenvalue weighted by Gasteiger charge is 2.21. The van der Waals surface area contributed by atoms with E-state index in [9.17, 15) is 4.79 Å². The molecular formula is C10H15N5OS2. The Morgan fingerprint density at radius 3 is 2.89 bits per heavy atom. The quantitative estimate of drug-likeness (QED) is 0.759. The Labute approximate surface area is 115 Å². The molecule has 1 aliphatic rings. The van der Waals surface area contributed by atoms with Crippen molar-refractivity contribution in [2.75, 3.05) is 19.6 Å². The zero-order chi connectivity index (χ0) is 13.0. The Balaban J connectivity index is 1.77. The highest BCUT2D eigenvalue weighted by molar-refractivity contribution is 7.80. The number of hydrogen-bond acceptors (Lipinski definition) is 6. The minimum atomic E-state index is -0.142. The zero-order valence-electron chi connectivity index (χ0n) is 9.83. The van der Waals surface area contributed by atoms with Gasteiger partial charge in [-0.1, -0.05) is 16.7 Å². The van der Waals surface area contributed by atoms with Crippen LogP contribution in [0.15, 0.2) is 5.38 Å². The Morgan fingerprint density at radius 1 is 1.61 bits per heavy atom. The van der Waals surface area contributed by atoms with E-state index in [0.717, 1.165) is 25.9 Å². The number of nitrogens with one attached hydrogen (secondary N) is 1. The van der Waals surface area contributed by atoms with Crippen LogP contribution in [-0.4, -0.2) is 51.1 Å². The average Bonchev–Trinajstić information content (AvgIpc) is 2.84. The molecule has 1 fully saturated rings. The van der Waals surface area contributed by atoms with Crippen LogP contribution in [0.4, 0.5) is 0 Å². The second kappa shape index (κ2) is 6.17. The Morgan fingerprint density at radius 2 is 2.33 bits per heavy atom. The number of nitrogens with two attached hydrogens (primary N) is 1. The Hall–Kier alpha value is -1.12. The van der Waals surface area contributed by atoms with Gasteiger partial charge in [0.25, 0.3) is 5.91 Å². The second-order valence-corrected chi connectivity index (χ2v) is 5.41. The van der Waals surface area contributed by atoms with E-state index in [2.05, 4.69) is 19.8 Å². The van der Waals surface area contributed by atoms with Crippen LogP contribution in [0, 0.1) is 0 Å². The molecule has 0 aliphatic carbocycles. The van der Waals surface area contributed by atoms with E-state index in [1.807, 2.05) is 0 Å². The third kappa shape index (κ3) is 3.69. The number of carbonyl (C=O) groups excluding carboxylic acids is 1. The molecule has 0 saturated carbocycles. The topological polar surface area (TPSA) is 84.1 Å². The van der Waals surface area contributed by atoms with Crippen molar-refractivity contribution in [3.63, 3.8) is 0 Å². The summed E-state index contributed by atoms with van der Waals surface area (Å²) >= 11 is 6.06. The molecule has 0 spiro atoms. The SMILES string of the molecule is NC(=S)CN1CCC(NC(=O)c2csnn2)CC1. The molecule has 3 N–H and O–H groups in total. The van der Waals surface area contributed by atoms with Gasteiger partial charge in [0.15, 0.2) is 5.69 Å². The van der Waals surface area contributed by atoms with E-state index in [1.54, 1.807) is 5.38 Å². The number of amides is 1. The maximum atomic E-state index is 11.8. The standard InChI is InChI=1S/C10H15N5OS2/c11-9(17)5-15-3-1-7(2-4-15)12-10(16)8-6-18-14-13-8/h6-7H,1-5H2,(H2,11,17)(H,12,16). The average molecular weight is 285 g/mol. The van der Waals surface area contributed by atoms with Crippen LogP contribution in [0.5, 0.6) is 0 Å². The fraction of sp³-hybridized carbons (Fsp3) is 0.600. The van der Waals surface area contributed by atoms with E-state index < -0.39 is 0 Å². The fourth-order valence-electron chi connectivity index (χ4n) is 1.98. The first-order chi connectivity index (χ1) is 8.65. The number of likely N-dealkylation sites (tertiary alicyclic amines) is 1. The molecule has 1 aromatic rings. The number of hydrogen-bond donors (Lipinski definition) is 2. The fourth-order valence-corrected chi connectivity index (χ4v) is 2.60. The molecule has 0 atom stereocenters. The van der Waals surface area contributed by atoms with Crippen molar-refractivity contribution in [3.8, 4) is 0 Å². The molecule has 1 amide bonds. The molecule has 98 valence electrons. The van der Waals surface area contributed by atoms with Crippen molar-refractivity contribution >= 4 is 34.6 Å². The predicted molar refractivity (Wildman–Crippen MR) is 73.6 cm³/mol. The third-order valence-electron chi connectivity index (χ3n) is 2.89. The van der Waals surface area contributed by atoms with Gasteiger partial charge in [0.2, 0.25) is 0 Å². The van der Waals surface area contributed by atoms with Crippen molar-refractivity contribution in [2.24, 2.45) is 5.73 Å². The minimum absolute atomic E-state index is 0.142. The lowest BCUT2D eigenvalue weighted by molar-refractivity contribution is 0.0910. The normalized spacial score (nSPS) is 17.6. The first-order valence-corrected chi connectivity index (χ1v) is 6.98. The summed E-state index contributed by atoms with van der Waals surface area (Å²) in [4.78, 5) is 14.5. The summed E-state index contributed by atoms with van der Waals surface area (Å²) in [6.45, 7) is 2.46. The van der Waals surface area contributed by atoms with Gasteiger partial charge in [-0.3, -0.25) is 9.69 Å². The molecule has 2 rings (SSSR count). The zero-order valence-corrected chi connectivity index (χ0v) is 11.5. The first kappa shape index (κ1) is 13.3. The van der Waals surface area contributed by atoms with Gasteiger partial charge in [0.05, 0.1) is 4.99 Å². The van der Waals surface area contributed by atoms with Crippen molar-refractivity contribution < 1.29 is 4.79 Å². The number of piperidine rings is 1. The van der Waals surface area contributed by atoms with E-state index in [1.165, 1.54) is 11.5 Å². The predicted octanol–water partition coefficient (Wildman–Crippen LogP) is 0.0184. The van der Waals surface area contributed by atoms with E-state index in [4.69, 9.17) is 18.0 Å². The van der Waals surface area contributed by atoms with Crippen LogP contribution < -0.4 is 11.1 Å². The van der Waals surface area contributed by atoms with Crippen LogP contribution >= 0.6 is 23.8 Å². The van der Waals surface area contributed by atoms with Gasteiger partial charge in [0.1, 0.15) is 0 Å². The number of carbonyl (C=O) groups is 1. The van der Waals surface area contributed by atoms with Crippen LogP contribution in [-0.2, 0) is 0 Å². The summed E-state index contributed by atoms with van der Waals surface area (Å²) in [6, 6.07) is 0.196. The summed E-state index contributed by atoms with van der Waals surface area (Å²) in [5, 5.41) is 8.37. The van der Waals surface area contributed by atoms with Crippen LogP contribution in [0.3, 0.4) is 0 Å². The lowest BCUT2D eigenvalue weighted by Crippen LogP contribution is -2.46. The Kier molecular flexibility index (Phi) is 4.56. The summed E-state index contributed by atoms with van der Waals surface area (Å²) in [5.41, 5.74) is 5.90. The van der Waals surface area contributed by atoms with Gasteiger partial charge < -0.3 is 11.1 Å². The highest BCUT2D eigenvalue weighted by atomic mass is 32.1. The third-order valence-corrected chi connectivity index (χ3v) is 3.53. The number of aromatic nitrogens is 2. The van der Waals surface area contributed by atoms with Crippen LogP contribution in [0.25, 0.3) is 0 Å². The van der Waals surface area contributed by atoms with Crippen LogP contribution in [0.1, 0.15) is 23.3 Å². The van der Waals surface area contributed by atoms with Crippen molar-refractivity contribution in [1.29, 1.82) is 0 Å². The maximum absolute atomic E-state index is 11.8. The molecule has 18 heavy (non-hydrogen) atoms. The molecule has 6 nitrogen and oxygen atoms in total. The summed E-state index contributed by atoms with van der Waals surface area (Å²) in [6.07, 6.45) is 1.82. The van der Waals surface area contributed by atoms with Gasteiger partial charge in [-0.05, 0) is 24.4 Å². The lowest BCUT2D eigenvalue weighted by Gasteiger charge is -2.31. The molecule has 0 aromatic carbocycles. The van der Waals surface area contributed by atoms with E-state index in [-0.39, 0.29) is 11.9 Å². The molecular weight excluding hydrogens is 270 g/mol. The lowest BCUT2D eigenvalue weighted by atomic mass is 10.0.